The third kappa shape index (κ3) is 2.09. The van der Waals surface area contributed by atoms with E-state index in [1.807, 2.05) is 18.7 Å². The Balaban J connectivity index is 2.11. The number of carboxylic acid groups (broad SMARTS) is 1. The van der Waals surface area contributed by atoms with Crippen molar-refractivity contribution in [3.05, 3.63) is 24.0 Å². The van der Waals surface area contributed by atoms with Crippen molar-refractivity contribution in [1.29, 1.82) is 0 Å². The zero-order valence-electron chi connectivity index (χ0n) is 11.4. The molecule has 0 bridgehead atoms. The van der Waals surface area contributed by atoms with Crippen molar-refractivity contribution < 1.29 is 14.6 Å². The van der Waals surface area contributed by atoms with Gasteiger partial charge in [-0.15, -0.1) is 5.10 Å². The fraction of sp³-hybridized carbons (Fsp3) is 0.462. The van der Waals surface area contributed by atoms with Crippen LogP contribution in [-0.2, 0) is 4.74 Å². The average molecular weight is 276 g/mol. The van der Waals surface area contributed by atoms with Gasteiger partial charge in [0.15, 0.2) is 11.5 Å². The van der Waals surface area contributed by atoms with E-state index in [1.165, 1.54) is 4.52 Å². The maximum Gasteiger partial charge on any atom is 0.343 e. The molecule has 20 heavy (non-hydrogen) atoms. The van der Waals surface area contributed by atoms with Crippen molar-refractivity contribution >= 4 is 17.4 Å². The first-order chi connectivity index (χ1) is 9.48. The zero-order chi connectivity index (χ0) is 14.3. The molecule has 106 valence electrons. The molecule has 3 heterocycles. The van der Waals surface area contributed by atoms with Crippen LogP contribution in [0.25, 0.3) is 5.65 Å². The van der Waals surface area contributed by atoms with Crippen LogP contribution in [0.5, 0.6) is 0 Å². The van der Waals surface area contributed by atoms with Gasteiger partial charge in [-0.1, -0.05) is 0 Å². The Bertz CT molecular complexity index is 665. The highest BCUT2D eigenvalue weighted by Gasteiger charge is 2.32. The van der Waals surface area contributed by atoms with Crippen LogP contribution < -0.4 is 4.90 Å². The fourth-order valence-corrected chi connectivity index (χ4v) is 2.49. The number of nitrogens with zero attached hydrogens (tertiary/aromatic N) is 4. The largest absolute Gasteiger partial charge is 0.477 e. The van der Waals surface area contributed by atoms with E-state index < -0.39 is 5.97 Å². The maximum absolute atomic E-state index is 11.5. The summed E-state index contributed by atoms with van der Waals surface area (Å²) in [5, 5.41) is 13.8. The van der Waals surface area contributed by atoms with Crippen molar-refractivity contribution in [2.75, 3.05) is 24.6 Å². The monoisotopic (exact) mass is 276 g/mol. The molecule has 0 atom stereocenters. The first-order valence-electron chi connectivity index (χ1n) is 6.43. The Morgan fingerprint density at radius 1 is 1.50 bits per heavy atom. The third-order valence-electron chi connectivity index (χ3n) is 3.32. The minimum Gasteiger partial charge on any atom is -0.477 e. The van der Waals surface area contributed by atoms with Crippen LogP contribution >= 0.6 is 0 Å². The van der Waals surface area contributed by atoms with Gasteiger partial charge in [0.1, 0.15) is 5.56 Å². The summed E-state index contributed by atoms with van der Waals surface area (Å²) in [5.41, 5.74) is 0.180. The van der Waals surface area contributed by atoms with Crippen LogP contribution in [0.3, 0.4) is 0 Å². The molecule has 0 amide bonds. The standard InChI is InChI=1S/C13H16N4O3/c1-13(2)8-16(6-7-20-13)11-9(12(18)19)10-14-4-3-5-17(10)15-11/h3-5H,6-8H2,1-2H3,(H,18,19). The third-order valence-corrected chi connectivity index (χ3v) is 3.32. The molecule has 3 rings (SSSR count). The molecule has 0 spiro atoms. The lowest BCUT2D eigenvalue weighted by Crippen LogP contribution is -2.48. The summed E-state index contributed by atoms with van der Waals surface area (Å²) in [4.78, 5) is 17.6. The van der Waals surface area contributed by atoms with Gasteiger partial charge < -0.3 is 14.7 Å². The number of morpholine rings is 1. The quantitative estimate of drug-likeness (QED) is 0.883. The second-order valence-corrected chi connectivity index (χ2v) is 5.42. The van der Waals surface area contributed by atoms with Crippen molar-refractivity contribution in [2.45, 2.75) is 19.4 Å². The Morgan fingerprint density at radius 2 is 2.30 bits per heavy atom. The van der Waals surface area contributed by atoms with Crippen molar-refractivity contribution in [3.63, 3.8) is 0 Å². The number of anilines is 1. The van der Waals surface area contributed by atoms with Gasteiger partial charge in [-0.25, -0.2) is 14.3 Å². The van der Waals surface area contributed by atoms with Crippen molar-refractivity contribution in [2.24, 2.45) is 0 Å². The number of aromatic nitrogens is 3. The van der Waals surface area contributed by atoms with Crippen LogP contribution in [0.15, 0.2) is 18.5 Å². The van der Waals surface area contributed by atoms with Gasteiger partial charge in [0.05, 0.1) is 12.2 Å². The first kappa shape index (κ1) is 12.9. The zero-order valence-corrected chi connectivity index (χ0v) is 11.4. The number of ether oxygens (including phenoxy) is 1. The van der Waals surface area contributed by atoms with E-state index in [9.17, 15) is 9.90 Å². The number of fused-ring (bicyclic) bond motifs is 1. The van der Waals surface area contributed by atoms with Crippen LogP contribution in [0, 0.1) is 0 Å². The average Bonchev–Trinajstić information content (AvgIpc) is 2.76. The summed E-state index contributed by atoms with van der Waals surface area (Å²) in [6.07, 6.45) is 3.26. The summed E-state index contributed by atoms with van der Waals surface area (Å²) in [6.45, 7) is 5.72. The summed E-state index contributed by atoms with van der Waals surface area (Å²) in [6, 6.07) is 1.72. The lowest BCUT2D eigenvalue weighted by Gasteiger charge is -2.38. The molecule has 0 radical (unpaired) electrons. The van der Waals surface area contributed by atoms with Crippen LogP contribution in [0.1, 0.15) is 24.2 Å². The summed E-state index contributed by atoms with van der Waals surface area (Å²) in [5.74, 6) is -0.564. The highest BCUT2D eigenvalue weighted by atomic mass is 16.5. The molecule has 7 nitrogen and oxygen atoms in total. The number of carbonyl (C=O) groups is 1. The van der Waals surface area contributed by atoms with E-state index in [1.54, 1.807) is 18.5 Å². The fourth-order valence-electron chi connectivity index (χ4n) is 2.49. The van der Waals surface area contributed by atoms with Gasteiger partial charge in [-0.3, -0.25) is 0 Å². The summed E-state index contributed by atoms with van der Waals surface area (Å²) in [7, 11) is 0. The number of carboxylic acids is 1. The Hall–Kier alpha value is -2.15. The van der Waals surface area contributed by atoms with E-state index in [0.29, 0.717) is 31.2 Å². The molecular weight excluding hydrogens is 260 g/mol. The van der Waals surface area contributed by atoms with Crippen LogP contribution in [0.2, 0.25) is 0 Å². The SMILES string of the molecule is CC1(C)CN(c2nn3cccnc3c2C(=O)O)CCO1. The molecule has 1 aliphatic heterocycles. The van der Waals surface area contributed by atoms with Gasteiger partial charge in [-0.2, -0.15) is 0 Å². The Labute approximate surface area is 115 Å². The Morgan fingerprint density at radius 3 is 3.00 bits per heavy atom. The minimum absolute atomic E-state index is 0.142. The van der Waals surface area contributed by atoms with Gasteiger partial charge in [0.2, 0.25) is 0 Å². The molecule has 2 aromatic heterocycles. The molecule has 1 N–H and O–H groups in total. The molecule has 0 aliphatic carbocycles. The minimum atomic E-state index is -1.02. The van der Waals surface area contributed by atoms with Crippen LogP contribution in [0.4, 0.5) is 5.82 Å². The number of hydrogen-bond donors (Lipinski definition) is 1. The first-order valence-corrected chi connectivity index (χ1v) is 6.43. The van der Waals surface area contributed by atoms with Gasteiger partial charge in [0, 0.05) is 25.5 Å². The molecule has 2 aromatic rings. The van der Waals surface area contributed by atoms with Gasteiger partial charge >= 0.3 is 5.97 Å². The molecule has 0 saturated carbocycles. The van der Waals surface area contributed by atoms with E-state index >= 15 is 0 Å². The summed E-state index contributed by atoms with van der Waals surface area (Å²) < 4.78 is 7.15. The lowest BCUT2D eigenvalue weighted by molar-refractivity contribution is -0.0279. The Kier molecular flexibility index (Phi) is 2.86. The highest BCUT2D eigenvalue weighted by molar-refractivity contribution is 6.00. The van der Waals surface area contributed by atoms with E-state index in [2.05, 4.69) is 10.1 Å². The van der Waals surface area contributed by atoms with Gasteiger partial charge in [0.25, 0.3) is 0 Å². The van der Waals surface area contributed by atoms with Crippen molar-refractivity contribution in [3.8, 4) is 0 Å². The molecule has 1 aliphatic rings. The van der Waals surface area contributed by atoms with Crippen LogP contribution in [-0.4, -0.2) is 51.0 Å². The second kappa shape index (κ2) is 4.45. The number of rotatable bonds is 2. The number of hydrogen-bond acceptors (Lipinski definition) is 5. The smallest absolute Gasteiger partial charge is 0.343 e. The summed E-state index contributed by atoms with van der Waals surface area (Å²) >= 11 is 0. The van der Waals surface area contributed by atoms with Gasteiger partial charge in [-0.05, 0) is 19.9 Å². The van der Waals surface area contributed by atoms with E-state index in [-0.39, 0.29) is 11.2 Å². The van der Waals surface area contributed by atoms with E-state index in [0.717, 1.165) is 0 Å². The molecular formula is C13H16N4O3. The normalized spacial score (nSPS) is 18.4. The molecule has 0 aromatic carbocycles. The lowest BCUT2D eigenvalue weighted by atomic mass is 10.1. The highest BCUT2D eigenvalue weighted by Crippen LogP contribution is 2.27. The van der Waals surface area contributed by atoms with Crippen molar-refractivity contribution in [1.82, 2.24) is 14.6 Å². The molecule has 1 saturated heterocycles. The van der Waals surface area contributed by atoms with E-state index in [4.69, 9.17) is 4.74 Å². The molecule has 1 fully saturated rings. The number of aromatic carboxylic acids is 1. The maximum atomic E-state index is 11.5. The molecule has 0 unspecified atom stereocenters. The predicted octanol–water partition coefficient (Wildman–Crippen LogP) is 1.04. The predicted molar refractivity (Wildman–Crippen MR) is 72.2 cm³/mol. The topological polar surface area (TPSA) is 80.0 Å². The molecule has 7 heteroatoms. The second-order valence-electron chi connectivity index (χ2n) is 5.42.